The SMILES string of the molecule is Cn1c(=O)c2cc(S(=O)(=O)NCC(=O)O)ccc2n(C)c1=O. The average Bonchev–Trinajstić information content (AvgIpc) is 2.48. The van der Waals surface area contributed by atoms with Crippen molar-refractivity contribution in [3.63, 3.8) is 0 Å². The minimum atomic E-state index is -4.07. The number of carboxylic acids is 1. The van der Waals surface area contributed by atoms with Crippen LogP contribution in [0.4, 0.5) is 0 Å². The highest BCUT2D eigenvalue weighted by molar-refractivity contribution is 7.89. The van der Waals surface area contributed by atoms with Gasteiger partial charge in [0.1, 0.15) is 6.54 Å². The molecule has 0 amide bonds. The van der Waals surface area contributed by atoms with Crippen LogP contribution < -0.4 is 16.0 Å². The second-order valence-corrected chi connectivity index (χ2v) is 6.37. The zero-order valence-electron chi connectivity index (χ0n) is 11.7. The first-order valence-corrected chi connectivity index (χ1v) is 7.54. The summed E-state index contributed by atoms with van der Waals surface area (Å²) in [7, 11) is -1.32. The van der Waals surface area contributed by atoms with Crippen LogP contribution in [0.2, 0.25) is 0 Å². The summed E-state index contributed by atoms with van der Waals surface area (Å²) >= 11 is 0. The van der Waals surface area contributed by atoms with Crippen molar-refractivity contribution in [3.8, 4) is 0 Å². The molecule has 1 aromatic heterocycles. The van der Waals surface area contributed by atoms with Crippen molar-refractivity contribution in [1.29, 1.82) is 0 Å². The van der Waals surface area contributed by atoms with Gasteiger partial charge in [-0.25, -0.2) is 13.2 Å². The third kappa shape index (κ3) is 2.65. The Bertz CT molecular complexity index is 986. The summed E-state index contributed by atoms with van der Waals surface area (Å²) in [6.45, 7) is -0.772. The zero-order chi connectivity index (χ0) is 16.7. The first-order chi connectivity index (χ1) is 10.1. The van der Waals surface area contributed by atoms with Crippen LogP contribution in [-0.2, 0) is 28.9 Å². The summed E-state index contributed by atoms with van der Waals surface area (Å²) in [6, 6.07) is 3.64. The van der Waals surface area contributed by atoms with E-state index in [0.717, 1.165) is 10.6 Å². The fourth-order valence-electron chi connectivity index (χ4n) is 1.98. The first-order valence-electron chi connectivity index (χ1n) is 6.06. The minimum Gasteiger partial charge on any atom is -0.480 e. The molecule has 0 aliphatic rings. The Balaban J connectivity index is 2.68. The molecule has 0 bridgehead atoms. The van der Waals surface area contributed by atoms with E-state index in [0.29, 0.717) is 0 Å². The molecule has 0 unspecified atom stereocenters. The molecule has 1 heterocycles. The van der Waals surface area contributed by atoms with Crippen LogP contribution in [0.5, 0.6) is 0 Å². The highest BCUT2D eigenvalue weighted by Crippen LogP contribution is 2.15. The van der Waals surface area contributed by atoms with Crippen LogP contribution in [0.25, 0.3) is 10.9 Å². The van der Waals surface area contributed by atoms with Crippen molar-refractivity contribution in [2.45, 2.75) is 4.90 Å². The second kappa shape index (κ2) is 5.39. The van der Waals surface area contributed by atoms with Crippen molar-refractivity contribution in [2.75, 3.05) is 6.54 Å². The summed E-state index contributed by atoms with van der Waals surface area (Å²) in [5, 5.41) is 8.57. The van der Waals surface area contributed by atoms with Crippen molar-refractivity contribution in [1.82, 2.24) is 13.9 Å². The van der Waals surface area contributed by atoms with Crippen molar-refractivity contribution < 1.29 is 18.3 Å². The van der Waals surface area contributed by atoms with Crippen LogP contribution in [0.1, 0.15) is 0 Å². The molecule has 2 rings (SSSR count). The lowest BCUT2D eigenvalue weighted by Crippen LogP contribution is -2.37. The number of benzene rings is 1. The molecular formula is C12H13N3O6S. The van der Waals surface area contributed by atoms with Gasteiger partial charge in [-0.15, -0.1) is 0 Å². The number of nitrogens with one attached hydrogen (secondary N) is 1. The fraction of sp³-hybridized carbons (Fsp3) is 0.250. The number of aryl methyl sites for hydroxylation is 1. The molecular weight excluding hydrogens is 314 g/mol. The van der Waals surface area contributed by atoms with Crippen molar-refractivity contribution >= 4 is 26.9 Å². The van der Waals surface area contributed by atoms with Crippen molar-refractivity contribution in [3.05, 3.63) is 39.0 Å². The van der Waals surface area contributed by atoms with Crippen LogP contribution in [-0.4, -0.2) is 35.2 Å². The van der Waals surface area contributed by atoms with Gasteiger partial charge in [-0.05, 0) is 18.2 Å². The predicted octanol–water partition coefficient (Wildman–Crippen LogP) is -1.40. The molecule has 0 saturated heterocycles. The Morgan fingerprint density at radius 3 is 2.45 bits per heavy atom. The number of aliphatic carboxylic acids is 1. The Morgan fingerprint density at radius 2 is 1.86 bits per heavy atom. The van der Waals surface area contributed by atoms with Gasteiger partial charge in [0.15, 0.2) is 0 Å². The summed E-state index contributed by atoms with van der Waals surface area (Å²) in [5.41, 5.74) is -0.879. The Labute approximate surface area is 124 Å². The molecule has 0 atom stereocenters. The molecule has 1 aromatic carbocycles. The number of aromatic nitrogens is 2. The quantitative estimate of drug-likeness (QED) is 0.711. The number of carbonyl (C=O) groups is 1. The first kappa shape index (κ1) is 15.9. The molecule has 118 valence electrons. The minimum absolute atomic E-state index is 0.0443. The van der Waals surface area contributed by atoms with E-state index in [4.69, 9.17) is 5.11 Å². The van der Waals surface area contributed by atoms with Crippen LogP contribution in [0.3, 0.4) is 0 Å². The monoisotopic (exact) mass is 327 g/mol. The largest absolute Gasteiger partial charge is 0.480 e. The highest BCUT2D eigenvalue weighted by atomic mass is 32.2. The fourth-order valence-corrected chi connectivity index (χ4v) is 2.98. The third-order valence-electron chi connectivity index (χ3n) is 3.16. The lowest BCUT2D eigenvalue weighted by atomic mass is 10.2. The molecule has 9 nitrogen and oxygen atoms in total. The van der Waals surface area contributed by atoms with Gasteiger partial charge in [-0.3, -0.25) is 18.7 Å². The number of hydrogen-bond donors (Lipinski definition) is 2. The number of sulfonamides is 1. The van der Waals surface area contributed by atoms with Gasteiger partial charge in [-0.1, -0.05) is 0 Å². The van der Waals surface area contributed by atoms with Gasteiger partial charge < -0.3 is 5.11 Å². The van der Waals surface area contributed by atoms with Gasteiger partial charge in [0.05, 0.1) is 15.8 Å². The van der Waals surface area contributed by atoms with Gasteiger partial charge in [0, 0.05) is 14.1 Å². The Morgan fingerprint density at radius 1 is 1.23 bits per heavy atom. The van der Waals surface area contributed by atoms with E-state index in [1.807, 2.05) is 4.72 Å². The maximum absolute atomic E-state index is 12.1. The molecule has 0 radical (unpaired) electrons. The highest BCUT2D eigenvalue weighted by Gasteiger charge is 2.17. The lowest BCUT2D eigenvalue weighted by molar-refractivity contribution is -0.135. The van der Waals surface area contributed by atoms with Crippen molar-refractivity contribution in [2.24, 2.45) is 14.1 Å². The standard InChI is InChI=1S/C12H13N3O6S/c1-14-9-4-3-7(22(20,21)13-6-10(16)17)5-8(9)11(18)15(2)12(14)19/h3-5,13H,6H2,1-2H3,(H,16,17). The molecule has 0 saturated carbocycles. The van der Waals surface area contributed by atoms with E-state index < -0.39 is 33.8 Å². The van der Waals surface area contributed by atoms with Crippen LogP contribution in [0, 0.1) is 0 Å². The van der Waals surface area contributed by atoms with E-state index in [2.05, 4.69) is 0 Å². The number of hydrogen-bond acceptors (Lipinski definition) is 5. The van der Waals surface area contributed by atoms with Crippen LogP contribution >= 0.6 is 0 Å². The Hall–Kier alpha value is -2.46. The van der Waals surface area contributed by atoms with Gasteiger partial charge in [-0.2, -0.15) is 4.72 Å². The van der Waals surface area contributed by atoms with E-state index in [1.165, 1.54) is 30.8 Å². The maximum Gasteiger partial charge on any atom is 0.330 e. The topological polar surface area (TPSA) is 127 Å². The summed E-state index contributed by atoms with van der Waals surface area (Å²) in [5.74, 6) is -1.33. The van der Waals surface area contributed by atoms with Gasteiger partial charge in [0.2, 0.25) is 10.0 Å². The average molecular weight is 327 g/mol. The third-order valence-corrected chi connectivity index (χ3v) is 4.56. The molecule has 2 aromatic rings. The second-order valence-electron chi connectivity index (χ2n) is 4.60. The van der Waals surface area contributed by atoms with E-state index in [-0.39, 0.29) is 15.8 Å². The summed E-state index contributed by atoms with van der Waals surface area (Å²) in [6.07, 6.45) is 0. The van der Waals surface area contributed by atoms with Gasteiger partial charge >= 0.3 is 11.7 Å². The van der Waals surface area contributed by atoms with E-state index in [1.54, 1.807) is 0 Å². The molecule has 2 N–H and O–H groups in total. The van der Waals surface area contributed by atoms with E-state index in [9.17, 15) is 22.8 Å². The molecule has 10 heteroatoms. The summed E-state index contributed by atoms with van der Waals surface area (Å²) in [4.78, 5) is 34.1. The predicted molar refractivity (Wildman–Crippen MR) is 77.3 cm³/mol. The lowest BCUT2D eigenvalue weighted by Gasteiger charge is -2.09. The van der Waals surface area contributed by atoms with Gasteiger partial charge in [0.25, 0.3) is 5.56 Å². The molecule has 22 heavy (non-hydrogen) atoms. The number of nitrogens with zero attached hydrogens (tertiary/aromatic N) is 2. The summed E-state index contributed by atoms with van der Waals surface area (Å²) < 4.78 is 27.9. The molecule has 0 aliphatic carbocycles. The normalized spacial score (nSPS) is 11.7. The molecule has 0 fully saturated rings. The Kier molecular flexibility index (Phi) is 3.90. The maximum atomic E-state index is 12.1. The number of rotatable bonds is 4. The smallest absolute Gasteiger partial charge is 0.330 e. The van der Waals surface area contributed by atoms with Crippen LogP contribution in [0.15, 0.2) is 32.7 Å². The number of carboxylic acid groups (broad SMARTS) is 1. The molecule has 0 spiro atoms. The molecule has 0 aliphatic heterocycles. The number of fused-ring (bicyclic) bond motifs is 1. The zero-order valence-corrected chi connectivity index (χ0v) is 12.5. The van der Waals surface area contributed by atoms with E-state index >= 15 is 0 Å².